The molecule has 0 aliphatic rings. The van der Waals surface area contributed by atoms with E-state index in [0.29, 0.717) is 0 Å². The van der Waals surface area contributed by atoms with Crippen LogP contribution >= 0.6 is 0 Å². The molecule has 0 radical (unpaired) electrons. The van der Waals surface area contributed by atoms with Gasteiger partial charge in [-0.25, -0.2) is 4.79 Å². The number of rotatable bonds is 3. The number of hydrogen-bond acceptors (Lipinski definition) is 2. The molecule has 1 atom stereocenters. The van der Waals surface area contributed by atoms with Gasteiger partial charge in [0.05, 0.1) is 6.04 Å². The van der Waals surface area contributed by atoms with Gasteiger partial charge >= 0.3 is 6.03 Å². The van der Waals surface area contributed by atoms with Crippen molar-refractivity contribution in [3.05, 3.63) is 59.9 Å². The van der Waals surface area contributed by atoms with Crippen LogP contribution in [0.2, 0.25) is 0 Å². The van der Waals surface area contributed by atoms with Gasteiger partial charge in [-0.3, -0.25) is 4.98 Å². The maximum atomic E-state index is 11.8. The molecule has 2 N–H and O–H groups in total. The van der Waals surface area contributed by atoms with Crippen LogP contribution in [0.1, 0.15) is 24.1 Å². The highest BCUT2D eigenvalue weighted by Gasteiger charge is 2.08. The molecule has 0 fully saturated rings. The lowest BCUT2D eigenvalue weighted by Gasteiger charge is -2.14. The summed E-state index contributed by atoms with van der Waals surface area (Å²) in [7, 11) is 0. The minimum absolute atomic E-state index is 0.0616. The third-order valence-corrected chi connectivity index (χ3v) is 2.86. The smallest absolute Gasteiger partial charge is 0.319 e. The monoisotopic (exact) mass is 255 g/mol. The first-order chi connectivity index (χ1) is 9.15. The number of nitrogens with one attached hydrogen (secondary N) is 2. The fourth-order valence-corrected chi connectivity index (χ4v) is 1.74. The van der Waals surface area contributed by atoms with E-state index >= 15 is 0 Å². The predicted octanol–water partition coefficient (Wildman–Crippen LogP) is 3.27. The Morgan fingerprint density at radius 1 is 1.11 bits per heavy atom. The van der Waals surface area contributed by atoms with Crippen molar-refractivity contribution in [2.24, 2.45) is 0 Å². The molecule has 19 heavy (non-hydrogen) atoms. The largest absolute Gasteiger partial charge is 0.331 e. The van der Waals surface area contributed by atoms with Crippen LogP contribution in [0.25, 0.3) is 0 Å². The Bertz CT molecular complexity index is 537. The van der Waals surface area contributed by atoms with Crippen LogP contribution < -0.4 is 10.6 Å². The number of hydrogen-bond donors (Lipinski definition) is 2. The second-order valence-corrected chi connectivity index (χ2v) is 4.47. The van der Waals surface area contributed by atoms with Gasteiger partial charge in [-0.05, 0) is 43.7 Å². The molecule has 1 aromatic heterocycles. The van der Waals surface area contributed by atoms with E-state index in [2.05, 4.69) is 15.6 Å². The normalized spacial score (nSPS) is 11.7. The van der Waals surface area contributed by atoms with E-state index in [-0.39, 0.29) is 12.1 Å². The SMILES string of the molecule is Cc1ccc(NC(=O)NC(C)c2ccncc2)cc1. The summed E-state index contributed by atoms with van der Waals surface area (Å²) in [6, 6.07) is 11.2. The molecule has 4 heteroatoms. The number of carbonyl (C=O) groups is 1. The topological polar surface area (TPSA) is 54.0 Å². The second kappa shape index (κ2) is 6.00. The fraction of sp³-hybridized carbons (Fsp3) is 0.200. The van der Waals surface area contributed by atoms with Crippen LogP contribution in [-0.2, 0) is 0 Å². The Hall–Kier alpha value is -2.36. The van der Waals surface area contributed by atoms with Crippen molar-refractivity contribution in [2.45, 2.75) is 19.9 Å². The molecule has 2 aromatic rings. The van der Waals surface area contributed by atoms with Gasteiger partial charge in [0, 0.05) is 18.1 Å². The van der Waals surface area contributed by atoms with Gasteiger partial charge in [-0.1, -0.05) is 17.7 Å². The number of urea groups is 1. The number of carbonyl (C=O) groups excluding carboxylic acids is 1. The molecule has 0 spiro atoms. The van der Waals surface area contributed by atoms with Crippen LogP contribution in [0, 0.1) is 6.92 Å². The zero-order valence-corrected chi connectivity index (χ0v) is 11.1. The maximum absolute atomic E-state index is 11.8. The average molecular weight is 255 g/mol. The van der Waals surface area contributed by atoms with Crippen LogP contribution in [0.15, 0.2) is 48.8 Å². The van der Waals surface area contributed by atoms with E-state index in [1.165, 1.54) is 0 Å². The molecule has 98 valence electrons. The fourth-order valence-electron chi connectivity index (χ4n) is 1.74. The summed E-state index contributed by atoms with van der Waals surface area (Å²) in [5.41, 5.74) is 2.97. The van der Waals surface area contributed by atoms with Gasteiger partial charge in [0.1, 0.15) is 0 Å². The zero-order valence-electron chi connectivity index (χ0n) is 11.1. The summed E-state index contributed by atoms with van der Waals surface area (Å²) >= 11 is 0. The molecule has 0 aliphatic heterocycles. The number of aryl methyl sites for hydroxylation is 1. The second-order valence-electron chi connectivity index (χ2n) is 4.47. The Kier molecular flexibility index (Phi) is 4.13. The van der Waals surface area contributed by atoms with Gasteiger partial charge in [0.2, 0.25) is 0 Å². The summed E-state index contributed by atoms with van der Waals surface area (Å²) in [5, 5.41) is 5.69. The van der Waals surface area contributed by atoms with Crippen molar-refractivity contribution in [1.82, 2.24) is 10.3 Å². The lowest BCUT2D eigenvalue weighted by molar-refractivity contribution is 0.249. The summed E-state index contributed by atoms with van der Waals surface area (Å²) < 4.78 is 0. The third kappa shape index (κ3) is 3.81. The lowest BCUT2D eigenvalue weighted by Crippen LogP contribution is -2.31. The summed E-state index contributed by atoms with van der Waals surface area (Å²) in [6.45, 7) is 3.94. The molecule has 1 unspecified atom stereocenters. The molecule has 0 saturated carbocycles. The number of pyridine rings is 1. The summed E-state index contributed by atoms with van der Waals surface area (Å²) in [5.74, 6) is 0. The van der Waals surface area contributed by atoms with E-state index in [1.54, 1.807) is 12.4 Å². The molecule has 1 aromatic carbocycles. The Balaban J connectivity index is 1.93. The van der Waals surface area contributed by atoms with E-state index in [0.717, 1.165) is 16.8 Å². The molecule has 2 amide bonds. The van der Waals surface area contributed by atoms with Crippen molar-refractivity contribution in [1.29, 1.82) is 0 Å². The summed E-state index contributed by atoms with van der Waals surface area (Å²) in [4.78, 5) is 15.8. The highest BCUT2D eigenvalue weighted by atomic mass is 16.2. The minimum atomic E-state index is -0.215. The maximum Gasteiger partial charge on any atom is 0.319 e. The molecular formula is C15H17N3O. The van der Waals surface area contributed by atoms with Gasteiger partial charge in [0.25, 0.3) is 0 Å². The molecule has 2 rings (SSSR count). The lowest BCUT2D eigenvalue weighted by atomic mass is 10.1. The van der Waals surface area contributed by atoms with Gasteiger partial charge in [-0.2, -0.15) is 0 Å². The van der Waals surface area contributed by atoms with Gasteiger partial charge < -0.3 is 10.6 Å². The molecule has 0 saturated heterocycles. The molecule has 0 bridgehead atoms. The Morgan fingerprint density at radius 2 is 1.74 bits per heavy atom. The predicted molar refractivity (Wildman–Crippen MR) is 76.0 cm³/mol. The van der Waals surface area contributed by atoms with Gasteiger partial charge in [0.15, 0.2) is 0 Å². The zero-order chi connectivity index (χ0) is 13.7. The van der Waals surface area contributed by atoms with Crippen molar-refractivity contribution in [3.8, 4) is 0 Å². The number of amides is 2. The van der Waals surface area contributed by atoms with Crippen LogP contribution in [-0.4, -0.2) is 11.0 Å². The highest BCUT2D eigenvalue weighted by Crippen LogP contribution is 2.12. The molecule has 1 heterocycles. The van der Waals surface area contributed by atoms with Crippen molar-refractivity contribution in [3.63, 3.8) is 0 Å². The number of nitrogens with zero attached hydrogens (tertiary/aromatic N) is 1. The van der Waals surface area contributed by atoms with E-state index in [9.17, 15) is 4.79 Å². The quantitative estimate of drug-likeness (QED) is 0.884. The van der Waals surface area contributed by atoms with Crippen LogP contribution in [0.5, 0.6) is 0 Å². The van der Waals surface area contributed by atoms with Crippen molar-refractivity contribution < 1.29 is 4.79 Å². The molecule has 0 aliphatic carbocycles. The summed E-state index contributed by atoms with van der Waals surface area (Å²) in [6.07, 6.45) is 3.43. The van der Waals surface area contributed by atoms with Crippen LogP contribution in [0.3, 0.4) is 0 Å². The molecule has 4 nitrogen and oxygen atoms in total. The Morgan fingerprint density at radius 3 is 2.37 bits per heavy atom. The first-order valence-corrected chi connectivity index (χ1v) is 6.19. The third-order valence-electron chi connectivity index (χ3n) is 2.86. The highest BCUT2D eigenvalue weighted by molar-refractivity contribution is 5.89. The van der Waals surface area contributed by atoms with Crippen LogP contribution in [0.4, 0.5) is 10.5 Å². The van der Waals surface area contributed by atoms with Crippen molar-refractivity contribution in [2.75, 3.05) is 5.32 Å². The number of aromatic nitrogens is 1. The van der Waals surface area contributed by atoms with Crippen molar-refractivity contribution >= 4 is 11.7 Å². The van der Waals surface area contributed by atoms with E-state index < -0.39 is 0 Å². The number of benzene rings is 1. The first-order valence-electron chi connectivity index (χ1n) is 6.19. The minimum Gasteiger partial charge on any atom is -0.331 e. The standard InChI is InChI=1S/C15H17N3O/c1-11-3-5-14(6-4-11)18-15(19)17-12(2)13-7-9-16-10-8-13/h3-10,12H,1-2H3,(H2,17,18,19). The van der Waals surface area contributed by atoms with E-state index in [4.69, 9.17) is 0 Å². The first kappa shape index (κ1) is 13.1. The van der Waals surface area contributed by atoms with Gasteiger partial charge in [-0.15, -0.1) is 0 Å². The molecular weight excluding hydrogens is 238 g/mol. The number of anilines is 1. The Labute approximate surface area is 112 Å². The average Bonchev–Trinajstić information content (AvgIpc) is 2.42. The van der Waals surface area contributed by atoms with E-state index in [1.807, 2.05) is 50.2 Å².